The van der Waals surface area contributed by atoms with Crippen LogP contribution < -0.4 is 15.2 Å². The Hall–Kier alpha value is -2.94. The number of carbonyl (C=O) groups is 1. The Morgan fingerprint density at radius 2 is 1.93 bits per heavy atom. The van der Waals surface area contributed by atoms with Crippen LogP contribution in [0.15, 0.2) is 71.8 Å². The molecule has 0 aliphatic rings. The Labute approximate surface area is 167 Å². The Balaban J connectivity index is 1.83. The minimum Gasteiger partial charge on any atom is -0.456 e. The fraction of sp³-hybridized carbons (Fsp3) is 0.0526. The lowest BCUT2D eigenvalue weighted by Gasteiger charge is -2.12. The number of nitrogens with zero attached hydrogens (tertiary/aromatic N) is 1. The second kappa shape index (κ2) is 8.39. The third-order valence-corrected chi connectivity index (χ3v) is 4.79. The van der Waals surface area contributed by atoms with Gasteiger partial charge in [-0.3, -0.25) is 9.78 Å². The van der Waals surface area contributed by atoms with E-state index in [0.29, 0.717) is 16.5 Å². The number of hydrogen-bond acceptors (Lipinski definition) is 5. The van der Waals surface area contributed by atoms with Crippen molar-refractivity contribution in [1.82, 2.24) is 4.98 Å². The van der Waals surface area contributed by atoms with Gasteiger partial charge < -0.3 is 10.1 Å². The van der Waals surface area contributed by atoms with Crippen molar-refractivity contribution < 1.29 is 17.9 Å². The van der Waals surface area contributed by atoms with Crippen molar-refractivity contribution >= 4 is 33.2 Å². The molecule has 0 saturated carbocycles. The second-order valence-corrected chi connectivity index (χ2v) is 7.78. The first-order valence-corrected chi connectivity index (χ1v) is 10.0. The molecule has 0 bridgehead atoms. The number of halogens is 1. The molecule has 3 aromatic rings. The van der Waals surface area contributed by atoms with E-state index in [0.717, 1.165) is 0 Å². The molecule has 2 aromatic carbocycles. The number of primary sulfonamides is 1. The molecule has 1 amide bonds. The van der Waals surface area contributed by atoms with E-state index in [4.69, 9.17) is 21.5 Å². The van der Waals surface area contributed by atoms with Crippen LogP contribution in [0.5, 0.6) is 11.5 Å². The second-order valence-electron chi connectivity index (χ2n) is 5.81. The molecule has 0 unspecified atom stereocenters. The Kier molecular flexibility index (Phi) is 5.93. The Morgan fingerprint density at radius 3 is 2.61 bits per heavy atom. The lowest BCUT2D eigenvalue weighted by atomic mass is 10.2. The number of aromatic nitrogens is 1. The molecule has 0 aliphatic carbocycles. The van der Waals surface area contributed by atoms with Gasteiger partial charge in [0.05, 0.1) is 6.42 Å². The molecule has 0 saturated heterocycles. The topological polar surface area (TPSA) is 111 Å². The summed E-state index contributed by atoms with van der Waals surface area (Å²) >= 11 is 5.91. The highest BCUT2D eigenvalue weighted by Gasteiger charge is 2.18. The molecule has 9 heteroatoms. The highest BCUT2D eigenvalue weighted by atomic mass is 35.5. The van der Waals surface area contributed by atoms with Gasteiger partial charge in [0.15, 0.2) is 0 Å². The summed E-state index contributed by atoms with van der Waals surface area (Å²) in [7, 11) is -4.10. The summed E-state index contributed by atoms with van der Waals surface area (Å²) in [5, 5.41) is 8.37. The summed E-state index contributed by atoms with van der Waals surface area (Å²) in [6.45, 7) is 0. The van der Waals surface area contributed by atoms with E-state index in [9.17, 15) is 13.2 Å². The fourth-order valence-electron chi connectivity index (χ4n) is 2.42. The van der Waals surface area contributed by atoms with Crippen LogP contribution >= 0.6 is 11.6 Å². The van der Waals surface area contributed by atoms with E-state index in [1.54, 1.807) is 42.6 Å². The van der Waals surface area contributed by atoms with Crippen molar-refractivity contribution in [3.05, 3.63) is 77.6 Å². The molecule has 7 nitrogen and oxygen atoms in total. The molecule has 1 aromatic heterocycles. The molecule has 28 heavy (non-hydrogen) atoms. The molecule has 0 atom stereocenters. The number of carbonyl (C=O) groups excluding carboxylic acids is 1. The third-order valence-electron chi connectivity index (χ3n) is 3.63. The Bertz CT molecular complexity index is 1110. The molecule has 0 radical (unpaired) electrons. The molecular weight excluding hydrogens is 402 g/mol. The normalized spacial score (nSPS) is 11.1. The standard InChI is InChI=1S/C19H16ClN3O4S/c20-13-4-3-6-16(10-13)27-17-8-7-15(11-18(17)28(21,25)26)23-19(24)12-14-5-1-2-9-22-14/h1-11H,12H2,(H,23,24)(H2,21,25,26). The number of pyridine rings is 1. The number of nitrogens with one attached hydrogen (secondary N) is 1. The summed E-state index contributed by atoms with van der Waals surface area (Å²) < 4.78 is 29.6. The molecule has 0 fully saturated rings. The van der Waals surface area contributed by atoms with Gasteiger partial charge in [0, 0.05) is 22.6 Å². The maximum absolute atomic E-state index is 12.2. The average molecular weight is 418 g/mol. The van der Waals surface area contributed by atoms with Gasteiger partial charge in [-0.15, -0.1) is 0 Å². The van der Waals surface area contributed by atoms with Crippen LogP contribution in [0.4, 0.5) is 5.69 Å². The van der Waals surface area contributed by atoms with Gasteiger partial charge in [-0.05, 0) is 48.5 Å². The van der Waals surface area contributed by atoms with Crippen molar-refractivity contribution in [3.63, 3.8) is 0 Å². The molecule has 144 valence electrons. The number of sulfonamides is 1. The molecule has 0 aliphatic heterocycles. The van der Waals surface area contributed by atoms with Crippen LogP contribution in [0.25, 0.3) is 0 Å². The third kappa shape index (κ3) is 5.29. The summed E-state index contributed by atoms with van der Waals surface area (Å²) in [5.74, 6) is 0.0272. The quantitative estimate of drug-likeness (QED) is 0.638. The van der Waals surface area contributed by atoms with Crippen LogP contribution in [0.3, 0.4) is 0 Å². The molecular formula is C19H16ClN3O4S. The van der Waals surface area contributed by atoms with Crippen LogP contribution in [-0.4, -0.2) is 19.3 Å². The lowest BCUT2D eigenvalue weighted by molar-refractivity contribution is -0.115. The monoisotopic (exact) mass is 417 g/mol. The first-order chi connectivity index (χ1) is 13.3. The minimum atomic E-state index is -4.10. The van der Waals surface area contributed by atoms with Crippen molar-refractivity contribution in [2.75, 3.05) is 5.32 Å². The Morgan fingerprint density at radius 1 is 1.11 bits per heavy atom. The van der Waals surface area contributed by atoms with Crippen LogP contribution in [0.1, 0.15) is 5.69 Å². The smallest absolute Gasteiger partial charge is 0.241 e. The van der Waals surface area contributed by atoms with Crippen molar-refractivity contribution in [2.24, 2.45) is 5.14 Å². The largest absolute Gasteiger partial charge is 0.456 e. The number of rotatable bonds is 6. The van der Waals surface area contributed by atoms with Crippen molar-refractivity contribution in [1.29, 1.82) is 0 Å². The van der Waals surface area contributed by atoms with Crippen molar-refractivity contribution in [3.8, 4) is 11.5 Å². The summed E-state index contributed by atoms with van der Waals surface area (Å²) in [4.78, 5) is 16.0. The van der Waals surface area contributed by atoms with Crippen LogP contribution in [0, 0.1) is 0 Å². The predicted octanol–water partition coefficient (Wildman–Crippen LogP) is 3.36. The van der Waals surface area contributed by atoms with E-state index in [1.165, 1.54) is 24.3 Å². The number of benzene rings is 2. The highest BCUT2D eigenvalue weighted by Crippen LogP contribution is 2.31. The molecule has 1 heterocycles. The summed E-state index contributed by atoms with van der Waals surface area (Å²) in [6, 6.07) is 15.9. The van der Waals surface area contributed by atoms with E-state index in [1.807, 2.05) is 0 Å². The minimum absolute atomic E-state index is 0.0208. The highest BCUT2D eigenvalue weighted by molar-refractivity contribution is 7.89. The van der Waals surface area contributed by atoms with E-state index < -0.39 is 10.0 Å². The zero-order valence-corrected chi connectivity index (χ0v) is 16.1. The van der Waals surface area contributed by atoms with Crippen molar-refractivity contribution in [2.45, 2.75) is 11.3 Å². The predicted molar refractivity (Wildman–Crippen MR) is 106 cm³/mol. The number of ether oxygens (including phenoxy) is 1. The SMILES string of the molecule is NS(=O)(=O)c1cc(NC(=O)Cc2ccccn2)ccc1Oc1cccc(Cl)c1. The van der Waals surface area contributed by atoms with Gasteiger partial charge in [-0.25, -0.2) is 13.6 Å². The lowest BCUT2D eigenvalue weighted by Crippen LogP contribution is -2.17. The van der Waals surface area contributed by atoms with E-state index >= 15 is 0 Å². The molecule has 3 rings (SSSR count). The maximum Gasteiger partial charge on any atom is 0.241 e. The van der Waals surface area contributed by atoms with Crippen LogP contribution in [0.2, 0.25) is 5.02 Å². The summed E-state index contributed by atoms with van der Waals surface area (Å²) in [6.07, 6.45) is 1.63. The first-order valence-electron chi connectivity index (χ1n) is 8.11. The van der Waals surface area contributed by atoms with Gasteiger partial charge in [-0.2, -0.15) is 0 Å². The number of nitrogens with two attached hydrogens (primary N) is 1. The maximum atomic E-state index is 12.2. The van der Waals surface area contributed by atoms with Gasteiger partial charge in [0.25, 0.3) is 0 Å². The zero-order valence-electron chi connectivity index (χ0n) is 14.5. The fourth-order valence-corrected chi connectivity index (χ4v) is 3.28. The summed E-state index contributed by atoms with van der Waals surface area (Å²) in [5.41, 5.74) is 0.857. The van der Waals surface area contributed by atoms with E-state index in [-0.39, 0.29) is 28.7 Å². The van der Waals surface area contributed by atoms with Gasteiger partial charge in [0.2, 0.25) is 15.9 Å². The van der Waals surface area contributed by atoms with Gasteiger partial charge in [0.1, 0.15) is 16.4 Å². The number of amides is 1. The molecule has 0 spiro atoms. The van der Waals surface area contributed by atoms with Crippen LogP contribution in [-0.2, 0) is 21.2 Å². The number of anilines is 1. The average Bonchev–Trinajstić information content (AvgIpc) is 2.63. The van der Waals surface area contributed by atoms with Gasteiger partial charge in [-0.1, -0.05) is 23.7 Å². The van der Waals surface area contributed by atoms with Gasteiger partial charge >= 0.3 is 0 Å². The first kappa shape index (κ1) is 19.8. The number of hydrogen-bond donors (Lipinski definition) is 2. The molecule has 3 N–H and O–H groups in total. The van der Waals surface area contributed by atoms with E-state index in [2.05, 4.69) is 10.3 Å². The zero-order chi connectivity index (χ0) is 20.1.